The van der Waals surface area contributed by atoms with E-state index in [1.165, 1.54) is 5.39 Å². The zero-order chi connectivity index (χ0) is 23.4. The molecule has 3 aromatic rings. The molecule has 1 aromatic heterocycles. The van der Waals surface area contributed by atoms with Crippen LogP contribution >= 0.6 is 0 Å². The fraction of sp³-hybridized carbons (Fsp3) is 0.444. The molecule has 0 unspecified atom stereocenters. The average molecular weight is 445 g/mol. The fourth-order valence-electron chi connectivity index (χ4n) is 4.36. The SMILES string of the molecule is CC(C)NC(=O)[C@H](C)[C@H]1CC[C@@H](C[C@@H](C)n2cc(C#Cc3cccc4ccccc34)nn2)O1. The highest BCUT2D eigenvalue weighted by Gasteiger charge is 2.34. The number of hydrogen-bond donors (Lipinski definition) is 1. The van der Waals surface area contributed by atoms with Gasteiger partial charge < -0.3 is 10.1 Å². The average Bonchev–Trinajstić information content (AvgIpc) is 3.46. The number of fused-ring (bicyclic) bond motifs is 1. The molecule has 1 saturated heterocycles. The highest BCUT2D eigenvalue weighted by atomic mass is 16.5. The minimum Gasteiger partial charge on any atom is -0.374 e. The molecule has 2 aromatic carbocycles. The maximum Gasteiger partial charge on any atom is 0.225 e. The van der Waals surface area contributed by atoms with Crippen molar-refractivity contribution in [3.63, 3.8) is 0 Å². The van der Waals surface area contributed by atoms with Gasteiger partial charge in [-0.15, -0.1) is 5.10 Å². The molecular weight excluding hydrogens is 412 g/mol. The Kier molecular flexibility index (Phi) is 7.10. The lowest BCUT2D eigenvalue weighted by molar-refractivity contribution is -0.129. The van der Waals surface area contributed by atoms with E-state index < -0.39 is 0 Å². The van der Waals surface area contributed by atoms with Gasteiger partial charge in [-0.3, -0.25) is 4.79 Å². The minimum absolute atomic E-state index is 0.0289. The molecule has 1 aliphatic rings. The first-order valence-electron chi connectivity index (χ1n) is 11.8. The molecule has 2 heterocycles. The van der Waals surface area contributed by atoms with Crippen LogP contribution in [0.15, 0.2) is 48.7 Å². The molecule has 4 atom stereocenters. The number of rotatable bonds is 6. The number of nitrogens with zero attached hydrogens (tertiary/aromatic N) is 3. The summed E-state index contributed by atoms with van der Waals surface area (Å²) in [6.45, 7) is 8.02. The first-order valence-corrected chi connectivity index (χ1v) is 11.8. The van der Waals surface area contributed by atoms with Gasteiger partial charge in [0.2, 0.25) is 5.91 Å². The summed E-state index contributed by atoms with van der Waals surface area (Å²) in [7, 11) is 0. The molecule has 1 fully saturated rings. The van der Waals surface area contributed by atoms with Gasteiger partial charge in [-0.05, 0) is 62.8 Å². The predicted molar refractivity (Wildman–Crippen MR) is 130 cm³/mol. The Labute approximate surface area is 195 Å². The summed E-state index contributed by atoms with van der Waals surface area (Å²) in [5, 5.41) is 13.8. The van der Waals surface area contributed by atoms with Crippen molar-refractivity contribution in [2.75, 3.05) is 0 Å². The highest BCUT2D eigenvalue weighted by Crippen LogP contribution is 2.30. The van der Waals surface area contributed by atoms with E-state index in [1.54, 1.807) is 0 Å². The molecule has 0 radical (unpaired) electrons. The van der Waals surface area contributed by atoms with Crippen LogP contribution in [0.1, 0.15) is 64.3 Å². The highest BCUT2D eigenvalue weighted by molar-refractivity contribution is 5.88. The van der Waals surface area contributed by atoms with E-state index in [0.29, 0.717) is 5.69 Å². The van der Waals surface area contributed by atoms with Crippen LogP contribution < -0.4 is 5.32 Å². The van der Waals surface area contributed by atoms with Crippen LogP contribution in [0.4, 0.5) is 0 Å². The van der Waals surface area contributed by atoms with Gasteiger partial charge in [0.15, 0.2) is 5.69 Å². The van der Waals surface area contributed by atoms with Crippen LogP contribution in [-0.2, 0) is 9.53 Å². The third kappa shape index (κ3) is 5.61. The molecule has 6 nitrogen and oxygen atoms in total. The zero-order valence-corrected chi connectivity index (χ0v) is 19.8. The number of benzene rings is 2. The standard InChI is InChI=1S/C27H32N4O2/c1-18(2)28-27(32)20(4)26-15-14-24(33-26)16-19(3)31-17-23(29-30-31)13-12-22-10-7-9-21-8-5-6-11-25(21)22/h5-11,17-20,24,26H,14-16H2,1-4H3,(H,28,32)/t19-,20-,24+,26-/m1/s1. The van der Waals surface area contributed by atoms with E-state index in [-0.39, 0.29) is 36.1 Å². The fourth-order valence-corrected chi connectivity index (χ4v) is 4.36. The second-order valence-electron chi connectivity index (χ2n) is 9.27. The molecule has 0 bridgehead atoms. The molecule has 4 rings (SSSR count). The first-order chi connectivity index (χ1) is 15.9. The van der Waals surface area contributed by atoms with Crippen LogP contribution in [-0.4, -0.2) is 39.2 Å². The van der Waals surface area contributed by atoms with Crippen LogP contribution in [0.3, 0.4) is 0 Å². The Balaban J connectivity index is 1.36. The second-order valence-corrected chi connectivity index (χ2v) is 9.27. The topological polar surface area (TPSA) is 69.0 Å². The lowest BCUT2D eigenvalue weighted by atomic mass is 10.00. The van der Waals surface area contributed by atoms with E-state index in [9.17, 15) is 4.79 Å². The third-order valence-electron chi connectivity index (χ3n) is 6.22. The van der Waals surface area contributed by atoms with E-state index in [4.69, 9.17) is 4.74 Å². The van der Waals surface area contributed by atoms with Crippen molar-refractivity contribution in [3.8, 4) is 11.8 Å². The second kappa shape index (κ2) is 10.2. The van der Waals surface area contributed by atoms with Crippen molar-refractivity contribution in [1.82, 2.24) is 20.3 Å². The third-order valence-corrected chi connectivity index (χ3v) is 6.22. The quantitative estimate of drug-likeness (QED) is 0.569. The number of carbonyl (C=O) groups excluding carboxylic acids is 1. The number of carbonyl (C=O) groups is 1. The van der Waals surface area contributed by atoms with Crippen LogP contribution in [0.2, 0.25) is 0 Å². The van der Waals surface area contributed by atoms with E-state index in [2.05, 4.69) is 52.6 Å². The molecule has 1 N–H and O–H groups in total. The lowest BCUT2D eigenvalue weighted by Crippen LogP contribution is -2.39. The minimum atomic E-state index is -0.143. The van der Waals surface area contributed by atoms with E-state index in [0.717, 1.165) is 30.2 Å². The van der Waals surface area contributed by atoms with Gasteiger partial charge in [0.05, 0.1) is 30.4 Å². The summed E-state index contributed by atoms with van der Waals surface area (Å²) in [4.78, 5) is 12.3. The van der Waals surface area contributed by atoms with Gasteiger partial charge >= 0.3 is 0 Å². The zero-order valence-electron chi connectivity index (χ0n) is 19.8. The number of aromatic nitrogens is 3. The largest absolute Gasteiger partial charge is 0.374 e. The molecule has 1 amide bonds. The lowest BCUT2D eigenvalue weighted by Gasteiger charge is -2.22. The molecule has 0 aliphatic carbocycles. The van der Waals surface area contributed by atoms with Gasteiger partial charge in [0.25, 0.3) is 0 Å². The summed E-state index contributed by atoms with van der Waals surface area (Å²) < 4.78 is 8.08. The molecule has 6 heteroatoms. The molecule has 172 valence electrons. The summed E-state index contributed by atoms with van der Waals surface area (Å²) in [5.41, 5.74) is 1.63. The first kappa shape index (κ1) is 23.0. The van der Waals surface area contributed by atoms with Gasteiger partial charge in [0.1, 0.15) is 0 Å². The molecular formula is C27H32N4O2. The van der Waals surface area contributed by atoms with Crippen molar-refractivity contribution in [2.24, 2.45) is 5.92 Å². The number of hydrogen-bond acceptors (Lipinski definition) is 4. The molecule has 1 aliphatic heterocycles. The summed E-state index contributed by atoms with van der Waals surface area (Å²) in [5.74, 6) is 6.32. The Hall–Kier alpha value is -3.17. The summed E-state index contributed by atoms with van der Waals surface area (Å²) >= 11 is 0. The predicted octanol–water partition coefficient (Wildman–Crippen LogP) is 4.49. The van der Waals surface area contributed by atoms with Crippen LogP contribution in [0.5, 0.6) is 0 Å². The maximum absolute atomic E-state index is 12.3. The van der Waals surface area contributed by atoms with Gasteiger partial charge in [-0.1, -0.05) is 54.5 Å². The van der Waals surface area contributed by atoms with E-state index in [1.807, 2.05) is 55.9 Å². The van der Waals surface area contributed by atoms with Gasteiger partial charge in [0, 0.05) is 11.6 Å². The summed E-state index contributed by atoms with van der Waals surface area (Å²) in [6, 6.07) is 14.6. The molecule has 0 spiro atoms. The Morgan fingerprint density at radius 1 is 1.12 bits per heavy atom. The number of nitrogens with one attached hydrogen (secondary N) is 1. The summed E-state index contributed by atoms with van der Waals surface area (Å²) in [6.07, 6.45) is 4.68. The van der Waals surface area contributed by atoms with Crippen LogP contribution in [0, 0.1) is 17.8 Å². The van der Waals surface area contributed by atoms with Crippen molar-refractivity contribution in [1.29, 1.82) is 0 Å². The van der Waals surface area contributed by atoms with Crippen molar-refractivity contribution in [2.45, 2.75) is 71.2 Å². The van der Waals surface area contributed by atoms with Gasteiger partial charge in [-0.2, -0.15) is 0 Å². The Bertz CT molecular complexity index is 1170. The van der Waals surface area contributed by atoms with Crippen LogP contribution in [0.25, 0.3) is 10.8 Å². The Morgan fingerprint density at radius 2 is 1.91 bits per heavy atom. The van der Waals surface area contributed by atoms with Crippen molar-refractivity contribution in [3.05, 3.63) is 59.9 Å². The Morgan fingerprint density at radius 3 is 2.73 bits per heavy atom. The van der Waals surface area contributed by atoms with Crippen molar-refractivity contribution < 1.29 is 9.53 Å². The molecule has 33 heavy (non-hydrogen) atoms. The van der Waals surface area contributed by atoms with Gasteiger partial charge in [-0.25, -0.2) is 4.68 Å². The smallest absolute Gasteiger partial charge is 0.225 e. The van der Waals surface area contributed by atoms with E-state index >= 15 is 0 Å². The normalized spacial score (nSPS) is 19.8. The van der Waals surface area contributed by atoms with Crippen molar-refractivity contribution >= 4 is 16.7 Å². The maximum atomic E-state index is 12.3. The molecule has 0 saturated carbocycles. The number of ether oxygens (including phenoxy) is 1. The number of amides is 1. The monoisotopic (exact) mass is 444 g/mol.